The maximum atomic E-state index is 13.1. The number of carbonyl (C=O) groups excluding carboxylic acids is 1. The number of carbonyl (C=O) groups is 1. The number of ketones is 1. The summed E-state index contributed by atoms with van der Waals surface area (Å²) in [4.78, 5) is 14.4. The van der Waals surface area contributed by atoms with Gasteiger partial charge in [-0.2, -0.15) is 0 Å². The fourth-order valence-corrected chi connectivity index (χ4v) is 3.26. The Balaban J connectivity index is 1.79. The Morgan fingerprint density at radius 1 is 1.29 bits per heavy atom. The van der Waals surface area contributed by atoms with E-state index in [0.717, 1.165) is 12.5 Å². The van der Waals surface area contributed by atoms with Gasteiger partial charge in [-0.05, 0) is 50.8 Å². The van der Waals surface area contributed by atoms with Crippen molar-refractivity contribution in [3.05, 3.63) is 35.6 Å². The first-order valence-corrected chi connectivity index (χ1v) is 8.09. The lowest BCUT2D eigenvalue weighted by atomic mass is 9.84. The van der Waals surface area contributed by atoms with Crippen LogP contribution in [0.25, 0.3) is 0 Å². The smallest absolute Gasteiger partial charge is 0.164 e. The number of rotatable bonds is 6. The van der Waals surface area contributed by atoms with Gasteiger partial charge in [-0.25, -0.2) is 4.39 Å². The Morgan fingerprint density at radius 2 is 2.00 bits per heavy atom. The molecular formula is C18H26FNO. The fraction of sp³-hybridized carbons (Fsp3) is 0.611. The quantitative estimate of drug-likeness (QED) is 0.728. The summed E-state index contributed by atoms with van der Waals surface area (Å²) in [5, 5.41) is 0. The van der Waals surface area contributed by atoms with Crippen molar-refractivity contribution in [2.45, 2.75) is 51.5 Å². The van der Waals surface area contributed by atoms with Crippen LogP contribution in [0.15, 0.2) is 24.3 Å². The molecule has 0 heterocycles. The summed E-state index contributed by atoms with van der Waals surface area (Å²) in [5.74, 6) is 0.583. The number of nitrogens with zero attached hydrogens (tertiary/aromatic N) is 1. The summed E-state index contributed by atoms with van der Waals surface area (Å²) >= 11 is 0. The second-order valence-electron chi connectivity index (χ2n) is 6.25. The molecule has 1 fully saturated rings. The van der Waals surface area contributed by atoms with Crippen molar-refractivity contribution < 1.29 is 9.18 Å². The maximum absolute atomic E-state index is 13.1. The van der Waals surface area contributed by atoms with Crippen LogP contribution in [0.3, 0.4) is 0 Å². The molecule has 3 heteroatoms. The van der Waals surface area contributed by atoms with Crippen molar-refractivity contribution in [3.8, 4) is 0 Å². The maximum Gasteiger partial charge on any atom is 0.164 e. The van der Waals surface area contributed by atoms with Gasteiger partial charge in [-0.3, -0.25) is 4.79 Å². The minimum Gasteiger partial charge on any atom is -0.303 e. The molecule has 0 saturated heterocycles. The Kier molecular flexibility index (Phi) is 5.92. The second kappa shape index (κ2) is 7.69. The van der Waals surface area contributed by atoms with Crippen molar-refractivity contribution in [1.29, 1.82) is 0 Å². The van der Waals surface area contributed by atoms with Gasteiger partial charge in [0.2, 0.25) is 0 Å². The molecule has 1 saturated carbocycles. The van der Waals surface area contributed by atoms with Crippen LogP contribution in [0, 0.1) is 11.7 Å². The van der Waals surface area contributed by atoms with E-state index in [4.69, 9.17) is 0 Å². The van der Waals surface area contributed by atoms with Crippen LogP contribution < -0.4 is 0 Å². The highest BCUT2D eigenvalue weighted by Gasteiger charge is 2.23. The molecule has 0 aromatic heterocycles. The molecule has 116 valence electrons. The average Bonchev–Trinajstić information content (AvgIpc) is 2.52. The molecule has 1 aromatic rings. The lowest BCUT2D eigenvalue weighted by molar-refractivity contribution is 0.0945. The van der Waals surface area contributed by atoms with E-state index in [9.17, 15) is 9.18 Å². The lowest BCUT2D eigenvalue weighted by Crippen LogP contribution is -2.36. The Morgan fingerprint density at radius 3 is 2.62 bits per heavy atom. The predicted molar refractivity (Wildman–Crippen MR) is 84.0 cm³/mol. The van der Waals surface area contributed by atoms with Gasteiger partial charge in [0, 0.05) is 24.6 Å². The second-order valence-corrected chi connectivity index (χ2v) is 6.25. The summed E-state index contributed by atoms with van der Waals surface area (Å²) in [6, 6.07) is 6.59. The molecular weight excluding hydrogens is 265 g/mol. The van der Waals surface area contributed by atoms with E-state index in [0.29, 0.717) is 18.0 Å². The Bertz CT molecular complexity index is 466. The SMILES string of the molecule is CCC1CCC(N(C)CCC(=O)c2cccc(F)c2)CC1. The van der Waals surface area contributed by atoms with Gasteiger partial charge >= 0.3 is 0 Å². The van der Waals surface area contributed by atoms with Crippen LogP contribution in [-0.2, 0) is 0 Å². The molecule has 0 atom stereocenters. The van der Waals surface area contributed by atoms with Gasteiger partial charge < -0.3 is 4.90 Å². The molecule has 0 amide bonds. The highest BCUT2D eigenvalue weighted by atomic mass is 19.1. The van der Waals surface area contributed by atoms with E-state index in [1.165, 1.54) is 44.2 Å². The molecule has 2 rings (SSSR count). The van der Waals surface area contributed by atoms with Crippen LogP contribution in [0.5, 0.6) is 0 Å². The van der Waals surface area contributed by atoms with Gasteiger partial charge in [0.1, 0.15) is 5.82 Å². The molecule has 0 aliphatic heterocycles. The highest BCUT2D eigenvalue weighted by Crippen LogP contribution is 2.29. The number of hydrogen-bond acceptors (Lipinski definition) is 2. The minimum absolute atomic E-state index is 0.0311. The zero-order chi connectivity index (χ0) is 15.2. The average molecular weight is 291 g/mol. The number of hydrogen-bond donors (Lipinski definition) is 0. The normalized spacial score (nSPS) is 22.5. The molecule has 2 nitrogen and oxygen atoms in total. The molecule has 1 aliphatic rings. The fourth-order valence-electron chi connectivity index (χ4n) is 3.26. The van der Waals surface area contributed by atoms with Gasteiger partial charge in [0.15, 0.2) is 5.78 Å². The van der Waals surface area contributed by atoms with E-state index in [-0.39, 0.29) is 11.6 Å². The van der Waals surface area contributed by atoms with Crippen molar-refractivity contribution in [3.63, 3.8) is 0 Å². The molecule has 21 heavy (non-hydrogen) atoms. The van der Waals surface area contributed by atoms with Crippen LogP contribution in [0.1, 0.15) is 55.8 Å². The first-order valence-electron chi connectivity index (χ1n) is 8.09. The number of halogens is 1. The standard InChI is InChI=1S/C18H26FNO/c1-3-14-7-9-17(10-8-14)20(2)12-11-18(21)15-5-4-6-16(19)13-15/h4-6,13-14,17H,3,7-12H2,1-2H3. The molecule has 1 aromatic carbocycles. The molecule has 0 N–H and O–H groups in total. The summed E-state index contributed by atoms with van der Waals surface area (Å²) in [6.45, 7) is 3.03. The van der Waals surface area contributed by atoms with E-state index in [1.54, 1.807) is 12.1 Å². The van der Waals surface area contributed by atoms with Crippen molar-refractivity contribution in [1.82, 2.24) is 4.90 Å². The van der Waals surface area contributed by atoms with E-state index in [1.807, 2.05) is 0 Å². The van der Waals surface area contributed by atoms with Crippen LogP contribution >= 0.6 is 0 Å². The molecule has 0 unspecified atom stereocenters. The van der Waals surface area contributed by atoms with Gasteiger partial charge in [0.25, 0.3) is 0 Å². The monoisotopic (exact) mass is 291 g/mol. The molecule has 1 aliphatic carbocycles. The Labute approximate surface area is 127 Å². The van der Waals surface area contributed by atoms with Crippen molar-refractivity contribution in [2.75, 3.05) is 13.6 Å². The van der Waals surface area contributed by atoms with Crippen molar-refractivity contribution >= 4 is 5.78 Å². The van der Waals surface area contributed by atoms with Gasteiger partial charge in [0.05, 0.1) is 0 Å². The van der Waals surface area contributed by atoms with Crippen LogP contribution in [-0.4, -0.2) is 30.3 Å². The summed E-state index contributed by atoms with van der Waals surface area (Å²) in [5.41, 5.74) is 0.484. The van der Waals surface area contributed by atoms with Crippen LogP contribution in [0.2, 0.25) is 0 Å². The molecule has 0 spiro atoms. The summed E-state index contributed by atoms with van der Waals surface area (Å²) in [7, 11) is 2.11. The van der Waals surface area contributed by atoms with Gasteiger partial charge in [-0.15, -0.1) is 0 Å². The number of Topliss-reactive ketones (excluding diaryl/α,β-unsaturated/α-hetero) is 1. The molecule has 0 bridgehead atoms. The minimum atomic E-state index is -0.341. The predicted octanol–water partition coefficient (Wildman–Crippen LogP) is 4.30. The summed E-state index contributed by atoms with van der Waals surface area (Å²) in [6.07, 6.45) is 6.85. The zero-order valence-electron chi connectivity index (χ0n) is 13.1. The molecule has 0 radical (unpaired) electrons. The zero-order valence-corrected chi connectivity index (χ0v) is 13.1. The first-order chi connectivity index (χ1) is 10.1. The highest BCUT2D eigenvalue weighted by molar-refractivity contribution is 5.96. The Hall–Kier alpha value is -1.22. The third-order valence-corrected chi connectivity index (χ3v) is 4.86. The summed E-state index contributed by atoms with van der Waals surface area (Å²) < 4.78 is 13.1. The van der Waals surface area contributed by atoms with Gasteiger partial charge in [-0.1, -0.05) is 25.5 Å². The lowest BCUT2D eigenvalue weighted by Gasteiger charge is -2.34. The third kappa shape index (κ3) is 4.63. The van der Waals surface area contributed by atoms with E-state index < -0.39 is 0 Å². The number of benzene rings is 1. The largest absolute Gasteiger partial charge is 0.303 e. The third-order valence-electron chi connectivity index (χ3n) is 4.86. The topological polar surface area (TPSA) is 20.3 Å². The van der Waals surface area contributed by atoms with Crippen LogP contribution in [0.4, 0.5) is 4.39 Å². The van der Waals surface area contributed by atoms with E-state index >= 15 is 0 Å². The van der Waals surface area contributed by atoms with E-state index in [2.05, 4.69) is 18.9 Å². The van der Waals surface area contributed by atoms with Crippen molar-refractivity contribution in [2.24, 2.45) is 5.92 Å². The first kappa shape index (κ1) is 16.2.